The summed E-state index contributed by atoms with van der Waals surface area (Å²) in [5.41, 5.74) is 0. The van der Waals surface area contributed by atoms with Crippen LogP contribution in [0.15, 0.2) is 4.73 Å². The first-order chi connectivity index (χ1) is 5.77. The van der Waals surface area contributed by atoms with Crippen molar-refractivity contribution >= 4 is 15.9 Å². The van der Waals surface area contributed by atoms with Crippen molar-refractivity contribution in [2.45, 2.75) is 18.9 Å². The third-order valence-electron chi connectivity index (χ3n) is 2.14. The number of aryl methyl sites for hydroxylation is 1. The smallest absolute Gasteiger partial charge is 0.217 e. The molecule has 5 heteroatoms. The van der Waals surface area contributed by atoms with Gasteiger partial charge in [0.05, 0.1) is 6.04 Å². The molecule has 0 amide bonds. The van der Waals surface area contributed by atoms with Gasteiger partial charge in [-0.25, -0.2) is 4.98 Å². The Kier molecular flexibility index (Phi) is 2.14. The predicted octanol–water partition coefficient (Wildman–Crippen LogP) is 1.00. The molecule has 0 aromatic carbocycles. The molecule has 1 atom stereocenters. The molecule has 1 aromatic rings. The van der Waals surface area contributed by atoms with Gasteiger partial charge in [-0.15, -0.1) is 5.10 Å². The summed E-state index contributed by atoms with van der Waals surface area (Å²) in [6.45, 7) is 1.09. The van der Waals surface area contributed by atoms with Gasteiger partial charge in [0, 0.05) is 7.05 Å². The minimum atomic E-state index is 0.397. The minimum Gasteiger partial charge on any atom is -0.307 e. The van der Waals surface area contributed by atoms with Crippen molar-refractivity contribution in [3.8, 4) is 0 Å². The molecule has 66 valence electrons. The van der Waals surface area contributed by atoms with E-state index in [0.717, 1.165) is 12.4 Å². The lowest BCUT2D eigenvalue weighted by atomic mass is 10.2. The van der Waals surface area contributed by atoms with Gasteiger partial charge in [0.25, 0.3) is 0 Å². The standard InChI is InChI=1S/C7H11BrN4/c1-12-6(10-7(8)11-12)5-3-2-4-9-5/h5,9H,2-4H2,1H3/t5-/m0/s1. The molecule has 1 saturated heterocycles. The summed E-state index contributed by atoms with van der Waals surface area (Å²) in [7, 11) is 1.92. The highest BCUT2D eigenvalue weighted by molar-refractivity contribution is 9.10. The maximum atomic E-state index is 4.30. The molecule has 0 radical (unpaired) electrons. The van der Waals surface area contributed by atoms with Crippen LogP contribution in [-0.4, -0.2) is 21.3 Å². The lowest BCUT2D eigenvalue weighted by Gasteiger charge is -2.07. The van der Waals surface area contributed by atoms with Crippen LogP contribution in [0.5, 0.6) is 0 Å². The Labute approximate surface area is 79.5 Å². The SMILES string of the molecule is Cn1nc(Br)nc1[C@@H]1CCCN1. The van der Waals surface area contributed by atoms with Gasteiger partial charge < -0.3 is 5.32 Å². The van der Waals surface area contributed by atoms with E-state index in [9.17, 15) is 0 Å². The molecule has 12 heavy (non-hydrogen) atoms. The second-order valence-corrected chi connectivity index (χ2v) is 3.72. The largest absolute Gasteiger partial charge is 0.307 e. The van der Waals surface area contributed by atoms with Crippen molar-refractivity contribution < 1.29 is 0 Å². The molecule has 0 saturated carbocycles. The molecule has 0 unspecified atom stereocenters. The highest BCUT2D eigenvalue weighted by Crippen LogP contribution is 2.21. The molecule has 0 aliphatic carbocycles. The van der Waals surface area contributed by atoms with E-state index in [4.69, 9.17) is 0 Å². The van der Waals surface area contributed by atoms with Crippen LogP contribution in [0.4, 0.5) is 0 Å². The van der Waals surface area contributed by atoms with Crippen molar-refractivity contribution in [3.63, 3.8) is 0 Å². The van der Waals surface area contributed by atoms with Crippen LogP contribution < -0.4 is 5.32 Å². The van der Waals surface area contributed by atoms with Crippen LogP contribution in [0.3, 0.4) is 0 Å². The van der Waals surface area contributed by atoms with Crippen molar-refractivity contribution in [2.24, 2.45) is 7.05 Å². The van der Waals surface area contributed by atoms with Crippen LogP contribution in [0, 0.1) is 0 Å². The Morgan fingerprint density at radius 3 is 3.00 bits per heavy atom. The Morgan fingerprint density at radius 1 is 1.67 bits per heavy atom. The van der Waals surface area contributed by atoms with Crippen LogP contribution in [0.2, 0.25) is 0 Å². The van der Waals surface area contributed by atoms with Gasteiger partial charge in [0.2, 0.25) is 4.73 Å². The first kappa shape index (κ1) is 8.19. The quantitative estimate of drug-likeness (QED) is 0.784. The molecule has 0 bridgehead atoms. The first-order valence-electron chi connectivity index (χ1n) is 4.07. The van der Waals surface area contributed by atoms with Gasteiger partial charge in [0.15, 0.2) is 0 Å². The summed E-state index contributed by atoms with van der Waals surface area (Å²) in [6.07, 6.45) is 2.40. The van der Waals surface area contributed by atoms with Crippen molar-refractivity contribution in [2.75, 3.05) is 6.54 Å². The van der Waals surface area contributed by atoms with Gasteiger partial charge in [-0.2, -0.15) is 0 Å². The third kappa shape index (κ3) is 1.38. The lowest BCUT2D eigenvalue weighted by Crippen LogP contribution is -2.17. The number of aromatic nitrogens is 3. The molecule has 0 spiro atoms. The summed E-state index contributed by atoms with van der Waals surface area (Å²) < 4.78 is 2.50. The van der Waals surface area contributed by atoms with E-state index in [0.29, 0.717) is 10.8 Å². The Bertz CT molecular complexity index is 277. The zero-order valence-corrected chi connectivity index (χ0v) is 8.50. The fourth-order valence-corrected chi connectivity index (χ4v) is 1.99. The molecule has 1 N–H and O–H groups in total. The summed E-state index contributed by atoms with van der Waals surface area (Å²) in [4.78, 5) is 4.30. The van der Waals surface area contributed by atoms with E-state index in [1.54, 1.807) is 0 Å². The van der Waals surface area contributed by atoms with Crippen LogP contribution >= 0.6 is 15.9 Å². The van der Waals surface area contributed by atoms with Gasteiger partial charge in [0.1, 0.15) is 5.82 Å². The number of nitrogens with zero attached hydrogens (tertiary/aromatic N) is 3. The third-order valence-corrected chi connectivity index (χ3v) is 2.48. The Hall–Kier alpha value is -0.420. The summed E-state index contributed by atoms with van der Waals surface area (Å²) in [5.74, 6) is 1.03. The molecule has 1 aromatic heterocycles. The normalized spacial score (nSPS) is 23.3. The minimum absolute atomic E-state index is 0.397. The number of hydrogen-bond acceptors (Lipinski definition) is 3. The van der Waals surface area contributed by atoms with Crippen molar-refractivity contribution in [1.82, 2.24) is 20.1 Å². The zero-order valence-electron chi connectivity index (χ0n) is 6.92. The van der Waals surface area contributed by atoms with Crippen LogP contribution in [0.1, 0.15) is 24.7 Å². The van der Waals surface area contributed by atoms with Gasteiger partial charge in [-0.1, -0.05) is 0 Å². The Balaban J connectivity index is 2.25. The molecule has 2 rings (SSSR count). The molecule has 2 heterocycles. The first-order valence-corrected chi connectivity index (χ1v) is 4.86. The number of hydrogen-bond donors (Lipinski definition) is 1. The van der Waals surface area contributed by atoms with Crippen molar-refractivity contribution in [3.05, 3.63) is 10.6 Å². The highest BCUT2D eigenvalue weighted by atomic mass is 79.9. The average molecular weight is 231 g/mol. The van der Waals surface area contributed by atoms with E-state index in [1.807, 2.05) is 11.7 Å². The van der Waals surface area contributed by atoms with Gasteiger partial charge >= 0.3 is 0 Å². The Morgan fingerprint density at radius 2 is 2.50 bits per heavy atom. The monoisotopic (exact) mass is 230 g/mol. The molecular weight excluding hydrogens is 220 g/mol. The summed E-state index contributed by atoms with van der Waals surface area (Å²) >= 11 is 3.26. The topological polar surface area (TPSA) is 42.7 Å². The molecule has 4 nitrogen and oxygen atoms in total. The zero-order chi connectivity index (χ0) is 8.55. The average Bonchev–Trinajstić information content (AvgIpc) is 2.58. The second-order valence-electron chi connectivity index (χ2n) is 3.01. The number of halogens is 1. The van der Waals surface area contributed by atoms with E-state index in [1.165, 1.54) is 12.8 Å². The predicted molar refractivity (Wildman–Crippen MR) is 48.7 cm³/mol. The van der Waals surface area contributed by atoms with Crippen molar-refractivity contribution in [1.29, 1.82) is 0 Å². The summed E-state index contributed by atoms with van der Waals surface area (Å²) in [5, 5.41) is 7.52. The molecule has 1 aliphatic rings. The van der Waals surface area contributed by atoms with Crippen LogP contribution in [-0.2, 0) is 7.05 Å². The number of nitrogens with one attached hydrogen (secondary N) is 1. The van der Waals surface area contributed by atoms with Crippen LogP contribution in [0.25, 0.3) is 0 Å². The maximum absolute atomic E-state index is 4.30. The fraction of sp³-hybridized carbons (Fsp3) is 0.714. The lowest BCUT2D eigenvalue weighted by molar-refractivity contribution is 0.559. The van der Waals surface area contributed by atoms with E-state index in [2.05, 4.69) is 31.3 Å². The number of rotatable bonds is 1. The highest BCUT2D eigenvalue weighted by Gasteiger charge is 2.21. The van der Waals surface area contributed by atoms with Gasteiger partial charge in [-0.05, 0) is 35.3 Å². The van der Waals surface area contributed by atoms with E-state index >= 15 is 0 Å². The van der Waals surface area contributed by atoms with E-state index in [-0.39, 0.29) is 0 Å². The van der Waals surface area contributed by atoms with Gasteiger partial charge in [-0.3, -0.25) is 4.68 Å². The fourth-order valence-electron chi connectivity index (χ4n) is 1.57. The second kappa shape index (κ2) is 3.14. The van der Waals surface area contributed by atoms with E-state index < -0.39 is 0 Å². The maximum Gasteiger partial charge on any atom is 0.217 e. The summed E-state index contributed by atoms with van der Waals surface area (Å²) in [6, 6.07) is 0.397. The molecule has 1 fully saturated rings. The molecule has 1 aliphatic heterocycles. The molecular formula is C7H11BrN4.